The molecule has 1 heterocycles. The molecule has 2 atom stereocenters. The molecule has 1 aliphatic heterocycles. The third-order valence-corrected chi connectivity index (χ3v) is 3.97. The van der Waals surface area contributed by atoms with E-state index in [1.54, 1.807) is 12.1 Å². The molecule has 0 aliphatic carbocycles. The van der Waals surface area contributed by atoms with E-state index in [0.29, 0.717) is 5.69 Å². The van der Waals surface area contributed by atoms with E-state index in [9.17, 15) is 14.7 Å². The maximum Gasteiger partial charge on any atom is 0.326 e. The molecular formula is C13H16N2O4S. The molecule has 2 amide bonds. The summed E-state index contributed by atoms with van der Waals surface area (Å²) in [6.45, 7) is 0.0320. The van der Waals surface area contributed by atoms with Crippen LogP contribution in [0.25, 0.3) is 0 Å². The zero-order valence-electron chi connectivity index (χ0n) is 10.9. The highest BCUT2D eigenvalue weighted by molar-refractivity contribution is 7.98. The second-order valence-corrected chi connectivity index (χ2v) is 5.37. The number of carbonyl (C=O) groups is 2. The van der Waals surface area contributed by atoms with Gasteiger partial charge in [0.15, 0.2) is 0 Å². The lowest BCUT2D eigenvalue weighted by Crippen LogP contribution is -2.43. The Morgan fingerprint density at radius 3 is 2.75 bits per heavy atom. The number of nitrogens with zero attached hydrogens (tertiary/aromatic N) is 1. The number of hydrogen-bond acceptors (Lipinski definition) is 4. The number of amides is 2. The number of β-amino-alcohol motifs (C(OH)–C–C–N with tert-alkyl or cyclic N) is 1. The number of nitrogens with one attached hydrogen (secondary N) is 1. The van der Waals surface area contributed by atoms with Crippen molar-refractivity contribution in [2.24, 2.45) is 0 Å². The van der Waals surface area contributed by atoms with Gasteiger partial charge in [-0.1, -0.05) is 12.1 Å². The van der Waals surface area contributed by atoms with Crippen molar-refractivity contribution < 1.29 is 19.8 Å². The predicted molar refractivity (Wildman–Crippen MR) is 76.0 cm³/mol. The number of hydrogen-bond donors (Lipinski definition) is 3. The van der Waals surface area contributed by atoms with Crippen LogP contribution in [-0.2, 0) is 4.79 Å². The Morgan fingerprint density at radius 2 is 2.10 bits per heavy atom. The molecular weight excluding hydrogens is 280 g/mol. The van der Waals surface area contributed by atoms with Gasteiger partial charge in [0.25, 0.3) is 0 Å². The molecule has 0 aromatic heterocycles. The molecule has 7 heteroatoms. The fraction of sp³-hybridized carbons (Fsp3) is 0.385. The van der Waals surface area contributed by atoms with Crippen molar-refractivity contribution in [3.8, 4) is 0 Å². The Labute approximate surface area is 120 Å². The monoisotopic (exact) mass is 296 g/mol. The van der Waals surface area contributed by atoms with E-state index >= 15 is 0 Å². The average molecular weight is 296 g/mol. The molecule has 108 valence electrons. The van der Waals surface area contributed by atoms with Crippen LogP contribution >= 0.6 is 11.8 Å². The molecule has 20 heavy (non-hydrogen) atoms. The van der Waals surface area contributed by atoms with Gasteiger partial charge < -0.3 is 20.4 Å². The molecule has 0 bridgehead atoms. The number of carboxylic acid groups (broad SMARTS) is 1. The van der Waals surface area contributed by atoms with Crippen molar-refractivity contribution in [2.45, 2.75) is 23.5 Å². The SMILES string of the molecule is CSc1ccccc1NC(=O)N1CC(O)CC1C(=O)O. The summed E-state index contributed by atoms with van der Waals surface area (Å²) < 4.78 is 0. The third kappa shape index (κ3) is 3.05. The van der Waals surface area contributed by atoms with Gasteiger partial charge in [0.05, 0.1) is 11.8 Å². The number of aliphatic hydroxyl groups excluding tert-OH is 1. The summed E-state index contributed by atoms with van der Waals surface area (Å²) in [5, 5.41) is 21.3. The highest BCUT2D eigenvalue weighted by Crippen LogP contribution is 2.26. The van der Waals surface area contributed by atoms with Gasteiger partial charge in [-0.25, -0.2) is 9.59 Å². The number of urea groups is 1. The summed E-state index contributed by atoms with van der Waals surface area (Å²) in [5.41, 5.74) is 0.635. The molecule has 1 aliphatic rings. The number of benzene rings is 1. The number of aliphatic carboxylic acids is 1. The smallest absolute Gasteiger partial charge is 0.326 e. The lowest BCUT2D eigenvalue weighted by molar-refractivity contribution is -0.141. The molecule has 6 nitrogen and oxygen atoms in total. The van der Waals surface area contributed by atoms with Crippen LogP contribution in [0.3, 0.4) is 0 Å². The normalized spacial score (nSPS) is 21.8. The van der Waals surface area contributed by atoms with E-state index in [1.165, 1.54) is 11.8 Å². The van der Waals surface area contributed by atoms with Crippen LogP contribution in [0.1, 0.15) is 6.42 Å². The first kappa shape index (κ1) is 14.7. The Morgan fingerprint density at radius 1 is 1.40 bits per heavy atom. The Bertz CT molecular complexity index is 523. The Kier molecular flexibility index (Phi) is 4.51. The van der Waals surface area contributed by atoms with Crippen LogP contribution in [-0.4, -0.2) is 52.1 Å². The van der Waals surface area contributed by atoms with Gasteiger partial charge in [0.1, 0.15) is 6.04 Å². The van der Waals surface area contributed by atoms with Crippen molar-refractivity contribution in [1.82, 2.24) is 4.90 Å². The average Bonchev–Trinajstić information content (AvgIpc) is 2.82. The van der Waals surface area contributed by atoms with Crippen molar-refractivity contribution in [3.63, 3.8) is 0 Å². The number of carboxylic acids is 1. The lowest BCUT2D eigenvalue weighted by Gasteiger charge is -2.22. The highest BCUT2D eigenvalue weighted by atomic mass is 32.2. The van der Waals surface area contributed by atoms with Crippen LogP contribution in [0.2, 0.25) is 0 Å². The molecule has 0 spiro atoms. The quantitative estimate of drug-likeness (QED) is 0.735. The molecule has 0 radical (unpaired) electrons. The zero-order valence-corrected chi connectivity index (χ0v) is 11.8. The molecule has 3 N–H and O–H groups in total. The van der Waals surface area contributed by atoms with E-state index < -0.39 is 24.1 Å². The van der Waals surface area contributed by atoms with Gasteiger partial charge in [-0.2, -0.15) is 0 Å². The molecule has 0 saturated carbocycles. The van der Waals surface area contributed by atoms with Gasteiger partial charge in [-0.15, -0.1) is 11.8 Å². The summed E-state index contributed by atoms with van der Waals surface area (Å²) in [6, 6.07) is 5.80. The Balaban J connectivity index is 2.13. The fourth-order valence-electron chi connectivity index (χ4n) is 2.21. The minimum absolute atomic E-state index is 0.0320. The fourth-order valence-corrected chi connectivity index (χ4v) is 2.76. The van der Waals surface area contributed by atoms with E-state index in [0.717, 1.165) is 9.80 Å². The van der Waals surface area contributed by atoms with Crippen LogP contribution < -0.4 is 5.32 Å². The first-order valence-electron chi connectivity index (χ1n) is 6.14. The van der Waals surface area contributed by atoms with Gasteiger partial charge >= 0.3 is 12.0 Å². The predicted octanol–water partition coefficient (Wildman–Crippen LogP) is 1.46. The number of thioether (sulfide) groups is 1. The highest BCUT2D eigenvalue weighted by Gasteiger charge is 2.39. The van der Waals surface area contributed by atoms with Crippen LogP contribution in [0.5, 0.6) is 0 Å². The maximum atomic E-state index is 12.2. The van der Waals surface area contributed by atoms with Gasteiger partial charge in [0, 0.05) is 17.9 Å². The van der Waals surface area contributed by atoms with E-state index in [-0.39, 0.29) is 13.0 Å². The zero-order chi connectivity index (χ0) is 14.7. The molecule has 1 saturated heterocycles. The van der Waals surface area contributed by atoms with E-state index in [1.807, 2.05) is 18.4 Å². The largest absolute Gasteiger partial charge is 0.480 e. The summed E-state index contributed by atoms with van der Waals surface area (Å²) in [7, 11) is 0. The number of para-hydroxylation sites is 1. The number of anilines is 1. The number of rotatable bonds is 3. The minimum atomic E-state index is -1.10. The molecule has 1 fully saturated rings. The van der Waals surface area contributed by atoms with Crippen LogP contribution in [0, 0.1) is 0 Å². The van der Waals surface area contributed by atoms with Crippen molar-refractivity contribution in [3.05, 3.63) is 24.3 Å². The summed E-state index contributed by atoms with van der Waals surface area (Å²) >= 11 is 1.49. The lowest BCUT2D eigenvalue weighted by atomic mass is 10.2. The van der Waals surface area contributed by atoms with E-state index in [2.05, 4.69) is 5.32 Å². The minimum Gasteiger partial charge on any atom is -0.480 e. The van der Waals surface area contributed by atoms with Gasteiger partial charge in [0.2, 0.25) is 0 Å². The molecule has 1 aromatic rings. The topological polar surface area (TPSA) is 89.9 Å². The van der Waals surface area contributed by atoms with Crippen molar-refractivity contribution in [1.29, 1.82) is 0 Å². The molecule has 2 unspecified atom stereocenters. The third-order valence-electron chi connectivity index (χ3n) is 3.17. The van der Waals surface area contributed by atoms with Crippen LogP contribution in [0.15, 0.2) is 29.2 Å². The van der Waals surface area contributed by atoms with Gasteiger partial charge in [-0.05, 0) is 18.4 Å². The number of carbonyl (C=O) groups excluding carboxylic acids is 1. The van der Waals surface area contributed by atoms with Crippen LogP contribution in [0.4, 0.5) is 10.5 Å². The maximum absolute atomic E-state index is 12.2. The van der Waals surface area contributed by atoms with Crippen molar-refractivity contribution >= 4 is 29.4 Å². The summed E-state index contributed by atoms with van der Waals surface area (Å²) in [4.78, 5) is 25.3. The first-order valence-corrected chi connectivity index (χ1v) is 7.37. The second kappa shape index (κ2) is 6.15. The molecule has 1 aromatic carbocycles. The summed E-state index contributed by atoms with van der Waals surface area (Å²) in [6.07, 6.45) is 1.16. The van der Waals surface area contributed by atoms with Gasteiger partial charge in [-0.3, -0.25) is 0 Å². The van der Waals surface area contributed by atoms with E-state index in [4.69, 9.17) is 5.11 Å². The second-order valence-electron chi connectivity index (χ2n) is 4.53. The number of likely N-dealkylation sites (tertiary alicyclic amines) is 1. The Hall–Kier alpha value is -1.73. The van der Waals surface area contributed by atoms with Crippen molar-refractivity contribution in [2.75, 3.05) is 18.1 Å². The number of aliphatic hydroxyl groups is 1. The standard InChI is InChI=1S/C13H16N2O4S/c1-20-11-5-3-2-4-9(11)14-13(19)15-7-8(16)6-10(15)12(17)18/h2-5,8,10,16H,6-7H2,1H3,(H,14,19)(H,17,18). The summed E-state index contributed by atoms with van der Waals surface area (Å²) in [5.74, 6) is -1.10. The first-order chi connectivity index (χ1) is 9.52. The molecule has 2 rings (SSSR count).